The molecule has 166 valence electrons. The van der Waals surface area contributed by atoms with Gasteiger partial charge in [-0.3, -0.25) is 19.2 Å². The van der Waals surface area contributed by atoms with Crippen LogP contribution in [0, 0.1) is 0 Å². The van der Waals surface area contributed by atoms with Crippen molar-refractivity contribution in [2.75, 3.05) is 39.3 Å². The first-order valence-electron chi connectivity index (χ1n) is 12.0. The zero-order chi connectivity index (χ0) is 20.9. The van der Waals surface area contributed by atoms with Crippen LogP contribution < -0.4 is 0 Å². The van der Waals surface area contributed by atoms with E-state index < -0.39 is 0 Å². The second-order valence-electron chi connectivity index (χ2n) is 9.13. The predicted molar refractivity (Wildman–Crippen MR) is 117 cm³/mol. The number of aryl methyl sites for hydroxylation is 1. The van der Waals surface area contributed by atoms with Crippen molar-refractivity contribution in [2.45, 2.75) is 77.3 Å². The van der Waals surface area contributed by atoms with E-state index >= 15 is 0 Å². The van der Waals surface area contributed by atoms with Crippen molar-refractivity contribution in [2.24, 2.45) is 0 Å². The number of nitrogens with zero attached hydrogens (tertiary/aromatic N) is 5. The maximum atomic E-state index is 13.5. The van der Waals surface area contributed by atoms with Crippen molar-refractivity contribution in [3.63, 3.8) is 0 Å². The summed E-state index contributed by atoms with van der Waals surface area (Å²) in [4.78, 5) is 31.1. The standard InChI is InChI=1S/C23H37N5O2/c1-2-10-28-21-9-8-19(26-14-7-11-25(18-29)15-16-26)17-20(21)22(24-28)23(30)27-12-5-3-4-6-13-27/h18-19H,2-17H2,1H3. The number of hydrogen-bond donors (Lipinski definition) is 0. The Labute approximate surface area is 180 Å². The average Bonchev–Trinajstić information content (AvgIpc) is 2.99. The van der Waals surface area contributed by atoms with Gasteiger partial charge in [-0.15, -0.1) is 0 Å². The van der Waals surface area contributed by atoms with E-state index in [2.05, 4.69) is 16.5 Å². The molecule has 0 spiro atoms. The highest BCUT2D eigenvalue weighted by Gasteiger charge is 2.33. The van der Waals surface area contributed by atoms with Crippen LogP contribution in [0.1, 0.15) is 73.6 Å². The molecular formula is C23H37N5O2. The van der Waals surface area contributed by atoms with Crippen molar-refractivity contribution < 1.29 is 9.59 Å². The molecule has 2 aliphatic heterocycles. The maximum absolute atomic E-state index is 13.5. The first kappa shape index (κ1) is 21.3. The van der Waals surface area contributed by atoms with E-state index in [0.717, 1.165) is 103 Å². The zero-order valence-corrected chi connectivity index (χ0v) is 18.5. The molecule has 0 aromatic carbocycles. The normalized spacial score (nSPS) is 23.6. The van der Waals surface area contributed by atoms with E-state index in [1.165, 1.54) is 24.1 Å². The molecule has 7 nitrogen and oxygen atoms in total. The molecule has 1 aromatic heterocycles. The lowest BCUT2D eigenvalue weighted by Gasteiger charge is -2.34. The molecule has 0 N–H and O–H groups in total. The quantitative estimate of drug-likeness (QED) is 0.693. The van der Waals surface area contributed by atoms with Crippen LogP contribution in [-0.4, -0.2) is 82.1 Å². The minimum absolute atomic E-state index is 0.145. The molecule has 1 aromatic rings. The topological polar surface area (TPSA) is 61.7 Å². The van der Waals surface area contributed by atoms with Crippen LogP contribution in [-0.2, 0) is 24.2 Å². The van der Waals surface area contributed by atoms with Crippen molar-refractivity contribution in [1.82, 2.24) is 24.5 Å². The molecule has 1 aliphatic carbocycles. The molecule has 3 aliphatic rings. The van der Waals surface area contributed by atoms with Crippen molar-refractivity contribution in [1.29, 1.82) is 0 Å². The fourth-order valence-electron chi connectivity index (χ4n) is 5.40. The molecule has 7 heteroatoms. The summed E-state index contributed by atoms with van der Waals surface area (Å²) in [6, 6.07) is 0.444. The second kappa shape index (κ2) is 9.94. The summed E-state index contributed by atoms with van der Waals surface area (Å²) in [6.07, 6.45) is 10.7. The lowest BCUT2D eigenvalue weighted by atomic mass is 9.89. The van der Waals surface area contributed by atoms with Gasteiger partial charge in [-0.25, -0.2) is 0 Å². The van der Waals surface area contributed by atoms with Gasteiger partial charge >= 0.3 is 0 Å². The number of likely N-dealkylation sites (tertiary alicyclic amines) is 1. The Balaban J connectivity index is 1.55. The van der Waals surface area contributed by atoms with Crippen LogP contribution >= 0.6 is 0 Å². The molecule has 30 heavy (non-hydrogen) atoms. The minimum atomic E-state index is 0.145. The summed E-state index contributed by atoms with van der Waals surface area (Å²) in [5.41, 5.74) is 3.20. The Morgan fingerprint density at radius 1 is 1.03 bits per heavy atom. The number of hydrogen-bond acceptors (Lipinski definition) is 4. The molecule has 2 saturated heterocycles. The van der Waals surface area contributed by atoms with Crippen LogP contribution in [0.2, 0.25) is 0 Å². The van der Waals surface area contributed by atoms with Gasteiger partial charge in [-0.2, -0.15) is 5.10 Å². The smallest absolute Gasteiger partial charge is 0.274 e. The Morgan fingerprint density at radius 3 is 2.57 bits per heavy atom. The van der Waals surface area contributed by atoms with Crippen molar-refractivity contribution in [3.8, 4) is 0 Å². The lowest BCUT2D eigenvalue weighted by molar-refractivity contribution is -0.118. The van der Waals surface area contributed by atoms with E-state index in [0.29, 0.717) is 6.04 Å². The molecule has 2 fully saturated rings. The van der Waals surface area contributed by atoms with Gasteiger partial charge in [0.05, 0.1) is 0 Å². The van der Waals surface area contributed by atoms with Gasteiger partial charge in [0.2, 0.25) is 6.41 Å². The SMILES string of the molecule is CCCn1nc(C(=O)N2CCCCCC2)c2c1CCC(N1CCCN(C=O)CC1)C2. The van der Waals surface area contributed by atoms with E-state index in [1.807, 2.05) is 9.80 Å². The number of rotatable bonds is 5. The highest BCUT2D eigenvalue weighted by Crippen LogP contribution is 2.29. The number of carbonyl (C=O) groups excluding carboxylic acids is 2. The molecule has 3 heterocycles. The molecular weight excluding hydrogens is 378 g/mol. The molecule has 0 bridgehead atoms. The predicted octanol–water partition coefficient (Wildman–Crippen LogP) is 2.33. The van der Waals surface area contributed by atoms with E-state index in [9.17, 15) is 9.59 Å². The summed E-state index contributed by atoms with van der Waals surface area (Å²) in [7, 11) is 0. The number of carbonyl (C=O) groups is 2. The summed E-state index contributed by atoms with van der Waals surface area (Å²) >= 11 is 0. The molecule has 2 amide bonds. The van der Waals surface area contributed by atoms with E-state index in [-0.39, 0.29) is 5.91 Å². The van der Waals surface area contributed by atoms with E-state index in [4.69, 9.17) is 5.10 Å². The molecule has 1 unspecified atom stereocenters. The minimum Gasteiger partial charge on any atom is -0.344 e. The molecule has 0 saturated carbocycles. The summed E-state index contributed by atoms with van der Waals surface area (Å²) < 4.78 is 2.12. The van der Waals surface area contributed by atoms with Crippen LogP contribution in [0.15, 0.2) is 0 Å². The Bertz CT molecular complexity index is 738. The first-order valence-corrected chi connectivity index (χ1v) is 12.0. The Morgan fingerprint density at radius 2 is 1.83 bits per heavy atom. The van der Waals surface area contributed by atoms with Gasteiger partial charge < -0.3 is 9.80 Å². The lowest BCUT2D eigenvalue weighted by Crippen LogP contribution is -2.42. The second-order valence-corrected chi connectivity index (χ2v) is 9.13. The third-order valence-electron chi connectivity index (χ3n) is 7.08. The van der Waals surface area contributed by atoms with Crippen LogP contribution in [0.25, 0.3) is 0 Å². The number of amides is 2. The van der Waals surface area contributed by atoms with Gasteiger partial charge in [0.25, 0.3) is 5.91 Å². The van der Waals surface area contributed by atoms with Gasteiger partial charge in [0, 0.05) is 63.1 Å². The monoisotopic (exact) mass is 415 g/mol. The van der Waals surface area contributed by atoms with Gasteiger partial charge in [0.1, 0.15) is 0 Å². The van der Waals surface area contributed by atoms with Gasteiger partial charge in [-0.1, -0.05) is 19.8 Å². The molecule has 4 rings (SSSR count). The summed E-state index contributed by atoms with van der Waals surface area (Å²) in [6.45, 7) is 8.41. The Kier molecular flexibility index (Phi) is 7.08. The summed E-state index contributed by atoms with van der Waals surface area (Å²) in [5, 5.41) is 4.86. The Hall–Kier alpha value is -1.89. The summed E-state index contributed by atoms with van der Waals surface area (Å²) in [5.74, 6) is 0.145. The van der Waals surface area contributed by atoms with Crippen LogP contribution in [0.5, 0.6) is 0 Å². The fraction of sp³-hybridized carbons (Fsp3) is 0.783. The first-order chi connectivity index (χ1) is 14.7. The van der Waals surface area contributed by atoms with Crippen molar-refractivity contribution >= 4 is 12.3 Å². The number of fused-ring (bicyclic) bond motifs is 1. The van der Waals surface area contributed by atoms with Crippen molar-refractivity contribution in [3.05, 3.63) is 17.0 Å². The highest BCUT2D eigenvalue weighted by atomic mass is 16.2. The van der Waals surface area contributed by atoms with Gasteiger partial charge in [0.15, 0.2) is 5.69 Å². The van der Waals surface area contributed by atoms with Crippen LogP contribution in [0.3, 0.4) is 0 Å². The van der Waals surface area contributed by atoms with Crippen LogP contribution in [0.4, 0.5) is 0 Å². The maximum Gasteiger partial charge on any atom is 0.274 e. The van der Waals surface area contributed by atoms with E-state index in [1.54, 1.807) is 0 Å². The third kappa shape index (κ3) is 4.56. The molecule has 1 atom stereocenters. The third-order valence-corrected chi connectivity index (χ3v) is 7.08. The van der Waals surface area contributed by atoms with Gasteiger partial charge in [-0.05, 0) is 44.9 Å². The average molecular weight is 416 g/mol. The fourth-order valence-corrected chi connectivity index (χ4v) is 5.40. The largest absolute Gasteiger partial charge is 0.344 e. The molecule has 0 radical (unpaired) electrons. The highest BCUT2D eigenvalue weighted by molar-refractivity contribution is 5.94. The zero-order valence-electron chi connectivity index (χ0n) is 18.5. The number of aromatic nitrogens is 2.